The first-order valence-electron chi connectivity index (χ1n) is 9.28. The lowest BCUT2D eigenvalue weighted by atomic mass is 10.0. The van der Waals surface area contributed by atoms with Gasteiger partial charge in [0, 0.05) is 14.2 Å². The molecular formula is C22H25BrO8. The van der Waals surface area contributed by atoms with Crippen LogP contribution in [-0.2, 0) is 25.6 Å². The van der Waals surface area contributed by atoms with Crippen molar-refractivity contribution in [2.45, 2.75) is 27.4 Å². The molecule has 2 aromatic carbocycles. The number of halogens is 1. The molecule has 0 saturated carbocycles. The SMILES string of the molecule is COCOCc1c(C(=O)OCOC)cc(Br)c(OC(=O)c2c(C)cc(O)cc2C)c1C. The molecule has 0 spiro atoms. The van der Waals surface area contributed by atoms with Gasteiger partial charge in [0.2, 0.25) is 0 Å². The average Bonchev–Trinajstić information content (AvgIpc) is 2.70. The number of carbonyl (C=O) groups is 2. The topological polar surface area (TPSA) is 101 Å². The van der Waals surface area contributed by atoms with E-state index in [1.54, 1.807) is 20.8 Å². The summed E-state index contributed by atoms with van der Waals surface area (Å²) >= 11 is 3.38. The van der Waals surface area contributed by atoms with Gasteiger partial charge in [-0.05, 0) is 77.2 Å². The van der Waals surface area contributed by atoms with Gasteiger partial charge in [-0.1, -0.05) is 0 Å². The number of hydrogen-bond acceptors (Lipinski definition) is 8. The molecule has 0 radical (unpaired) electrons. The van der Waals surface area contributed by atoms with Gasteiger partial charge in [0.1, 0.15) is 18.3 Å². The van der Waals surface area contributed by atoms with E-state index < -0.39 is 11.9 Å². The van der Waals surface area contributed by atoms with Gasteiger partial charge in [0.15, 0.2) is 6.79 Å². The quantitative estimate of drug-likeness (QED) is 0.238. The Kier molecular flexibility index (Phi) is 9.00. The van der Waals surface area contributed by atoms with Gasteiger partial charge in [-0.25, -0.2) is 9.59 Å². The van der Waals surface area contributed by atoms with Gasteiger partial charge >= 0.3 is 11.9 Å². The molecule has 31 heavy (non-hydrogen) atoms. The maximum Gasteiger partial charge on any atom is 0.344 e. The number of methoxy groups -OCH3 is 2. The summed E-state index contributed by atoms with van der Waals surface area (Å²) in [5, 5.41) is 9.72. The summed E-state index contributed by atoms with van der Waals surface area (Å²) in [6.45, 7) is 4.98. The minimum Gasteiger partial charge on any atom is -0.508 e. The first-order valence-corrected chi connectivity index (χ1v) is 10.1. The standard InChI is InChI=1S/C22H25BrO8/c1-12-6-15(24)7-13(2)19(12)22(26)31-20-14(3)17(9-29-10-27-4)16(8-18(20)23)21(25)30-11-28-5/h6-8,24H,9-11H2,1-5H3. The fourth-order valence-corrected chi connectivity index (χ4v) is 3.72. The zero-order chi connectivity index (χ0) is 23.1. The Hall–Kier alpha value is -2.46. The lowest BCUT2D eigenvalue weighted by Gasteiger charge is -2.18. The second-order valence-corrected chi connectivity index (χ2v) is 7.63. The van der Waals surface area contributed by atoms with Crippen LogP contribution >= 0.6 is 15.9 Å². The van der Waals surface area contributed by atoms with Crippen LogP contribution in [-0.4, -0.2) is 44.9 Å². The molecule has 2 rings (SSSR count). The maximum absolute atomic E-state index is 12.9. The van der Waals surface area contributed by atoms with E-state index in [1.807, 2.05) is 0 Å². The minimum absolute atomic E-state index is 0.0169. The summed E-state index contributed by atoms with van der Waals surface area (Å²) in [6, 6.07) is 4.49. The Morgan fingerprint density at radius 1 is 0.968 bits per heavy atom. The number of esters is 2. The molecule has 0 heterocycles. The van der Waals surface area contributed by atoms with E-state index >= 15 is 0 Å². The monoisotopic (exact) mass is 496 g/mol. The number of carbonyl (C=O) groups excluding carboxylic acids is 2. The molecule has 1 N–H and O–H groups in total. The first-order chi connectivity index (χ1) is 14.7. The zero-order valence-corrected chi connectivity index (χ0v) is 19.6. The lowest BCUT2D eigenvalue weighted by molar-refractivity contribution is -0.0400. The summed E-state index contributed by atoms with van der Waals surface area (Å²) in [6.07, 6.45) is 0. The molecule has 8 nitrogen and oxygen atoms in total. The minimum atomic E-state index is -0.607. The zero-order valence-electron chi connectivity index (χ0n) is 18.0. The fraction of sp³-hybridized carbons (Fsp3) is 0.364. The van der Waals surface area contributed by atoms with Crippen LogP contribution < -0.4 is 4.74 Å². The predicted octanol–water partition coefficient (Wildman–Crippen LogP) is 4.18. The normalized spacial score (nSPS) is 10.8. The van der Waals surface area contributed by atoms with Crippen molar-refractivity contribution in [3.63, 3.8) is 0 Å². The third-order valence-electron chi connectivity index (χ3n) is 4.50. The van der Waals surface area contributed by atoms with Crippen LogP contribution in [0.5, 0.6) is 11.5 Å². The van der Waals surface area contributed by atoms with Crippen LogP contribution in [0.4, 0.5) is 0 Å². The van der Waals surface area contributed by atoms with Crippen molar-refractivity contribution in [1.29, 1.82) is 0 Å². The number of hydrogen-bond donors (Lipinski definition) is 1. The number of benzene rings is 2. The predicted molar refractivity (Wildman–Crippen MR) is 115 cm³/mol. The largest absolute Gasteiger partial charge is 0.508 e. The Morgan fingerprint density at radius 2 is 1.58 bits per heavy atom. The van der Waals surface area contributed by atoms with Crippen molar-refractivity contribution in [3.8, 4) is 11.5 Å². The van der Waals surface area contributed by atoms with Crippen LogP contribution in [0.15, 0.2) is 22.7 Å². The third-order valence-corrected chi connectivity index (χ3v) is 5.09. The Morgan fingerprint density at radius 3 is 2.16 bits per heavy atom. The van der Waals surface area contributed by atoms with Gasteiger partial charge in [0.25, 0.3) is 0 Å². The van der Waals surface area contributed by atoms with Crippen molar-refractivity contribution in [1.82, 2.24) is 0 Å². The van der Waals surface area contributed by atoms with Gasteiger partial charge < -0.3 is 28.8 Å². The highest BCUT2D eigenvalue weighted by molar-refractivity contribution is 9.10. The molecule has 0 fully saturated rings. The van der Waals surface area contributed by atoms with Crippen LogP contribution in [0.2, 0.25) is 0 Å². The first kappa shape index (κ1) is 24.8. The Bertz CT molecular complexity index is 947. The van der Waals surface area contributed by atoms with E-state index in [0.29, 0.717) is 32.3 Å². The lowest BCUT2D eigenvalue weighted by Crippen LogP contribution is -2.16. The molecule has 0 amide bonds. The van der Waals surface area contributed by atoms with Crippen LogP contribution in [0.3, 0.4) is 0 Å². The molecule has 168 valence electrons. The van der Waals surface area contributed by atoms with E-state index in [-0.39, 0.29) is 37.3 Å². The Balaban J connectivity index is 2.47. The average molecular weight is 497 g/mol. The summed E-state index contributed by atoms with van der Waals surface area (Å²) < 4.78 is 26.3. The molecule has 0 atom stereocenters. The molecular weight excluding hydrogens is 472 g/mol. The van der Waals surface area contributed by atoms with Gasteiger partial charge in [-0.15, -0.1) is 0 Å². The van der Waals surface area contributed by atoms with E-state index in [9.17, 15) is 14.7 Å². The highest BCUT2D eigenvalue weighted by Crippen LogP contribution is 2.36. The van der Waals surface area contributed by atoms with Gasteiger partial charge in [0.05, 0.1) is 22.2 Å². The highest BCUT2D eigenvalue weighted by atomic mass is 79.9. The molecule has 0 aliphatic heterocycles. The number of aryl methyl sites for hydroxylation is 2. The maximum atomic E-state index is 12.9. The van der Waals surface area contributed by atoms with E-state index in [1.165, 1.54) is 32.4 Å². The summed E-state index contributed by atoms with van der Waals surface area (Å²) in [5.41, 5.74) is 2.78. The number of phenolic OH excluding ortho intramolecular Hbond substituents is 1. The molecule has 0 aliphatic rings. The second kappa shape index (κ2) is 11.2. The van der Waals surface area contributed by atoms with Crippen molar-refractivity contribution in [2.75, 3.05) is 27.8 Å². The Labute approximate surface area is 189 Å². The van der Waals surface area contributed by atoms with Gasteiger partial charge in [-0.3, -0.25) is 0 Å². The smallest absolute Gasteiger partial charge is 0.344 e. The van der Waals surface area contributed by atoms with Crippen molar-refractivity contribution in [3.05, 3.63) is 56.1 Å². The summed E-state index contributed by atoms with van der Waals surface area (Å²) in [5.74, 6) is -0.876. The molecule has 0 aromatic heterocycles. The number of aromatic hydroxyl groups is 1. The van der Waals surface area contributed by atoms with E-state index in [2.05, 4.69) is 15.9 Å². The third kappa shape index (κ3) is 6.04. The van der Waals surface area contributed by atoms with E-state index in [4.69, 9.17) is 23.7 Å². The molecule has 0 saturated heterocycles. The van der Waals surface area contributed by atoms with Crippen LogP contribution in [0.1, 0.15) is 43.0 Å². The molecule has 0 aliphatic carbocycles. The summed E-state index contributed by atoms with van der Waals surface area (Å²) in [4.78, 5) is 25.4. The van der Waals surface area contributed by atoms with Gasteiger partial charge in [-0.2, -0.15) is 0 Å². The molecule has 9 heteroatoms. The molecule has 0 unspecified atom stereocenters. The number of rotatable bonds is 9. The molecule has 2 aromatic rings. The highest BCUT2D eigenvalue weighted by Gasteiger charge is 2.24. The molecule has 0 bridgehead atoms. The van der Waals surface area contributed by atoms with Crippen molar-refractivity contribution < 1.29 is 38.4 Å². The number of ether oxygens (including phenoxy) is 5. The van der Waals surface area contributed by atoms with Crippen LogP contribution in [0.25, 0.3) is 0 Å². The number of phenols is 1. The van der Waals surface area contributed by atoms with Crippen molar-refractivity contribution >= 4 is 27.9 Å². The fourth-order valence-electron chi connectivity index (χ4n) is 3.11. The van der Waals surface area contributed by atoms with E-state index in [0.717, 1.165) is 0 Å². The van der Waals surface area contributed by atoms with Crippen LogP contribution in [0, 0.1) is 20.8 Å². The second-order valence-electron chi connectivity index (χ2n) is 6.78. The van der Waals surface area contributed by atoms with Crippen molar-refractivity contribution in [2.24, 2.45) is 0 Å². The summed E-state index contributed by atoms with van der Waals surface area (Å²) in [7, 11) is 2.89.